The molecule has 29 heavy (non-hydrogen) atoms. The maximum Gasteiger partial charge on any atom is 0.276 e. The Kier molecular flexibility index (Phi) is 5.53. The van der Waals surface area contributed by atoms with Gasteiger partial charge in [-0.3, -0.25) is 9.78 Å². The van der Waals surface area contributed by atoms with E-state index in [2.05, 4.69) is 25.8 Å². The highest BCUT2D eigenvalue weighted by Crippen LogP contribution is 2.25. The third kappa shape index (κ3) is 4.61. The molecule has 0 atom stereocenters. The molecule has 3 heterocycles. The maximum absolute atomic E-state index is 13.1. The summed E-state index contributed by atoms with van der Waals surface area (Å²) in [6.07, 6.45) is 5.89. The second-order valence-electron chi connectivity index (χ2n) is 6.37. The minimum Gasteiger partial charge on any atom is -0.377 e. The van der Waals surface area contributed by atoms with Crippen LogP contribution >= 0.6 is 0 Å². The van der Waals surface area contributed by atoms with Crippen LogP contribution in [0, 0.1) is 5.82 Å². The third-order valence-corrected chi connectivity index (χ3v) is 4.38. The zero-order valence-electron chi connectivity index (χ0n) is 15.4. The van der Waals surface area contributed by atoms with Gasteiger partial charge >= 0.3 is 0 Å². The lowest BCUT2D eigenvalue weighted by molar-refractivity contribution is 0.102. The molecule has 1 aromatic carbocycles. The van der Waals surface area contributed by atoms with Crippen molar-refractivity contribution in [2.24, 2.45) is 0 Å². The highest BCUT2D eigenvalue weighted by molar-refractivity contribution is 6.04. The summed E-state index contributed by atoms with van der Waals surface area (Å²) in [5, 5.41) is 14.1. The number of nitrogens with zero attached hydrogens (tertiary/aromatic N) is 3. The molecule has 4 rings (SSSR count). The summed E-state index contributed by atoms with van der Waals surface area (Å²) in [5.41, 5.74) is 3.77. The molecule has 0 bridgehead atoms. The number of nitrogens with one attached hydrogen (secondary N) is 2. The van der Waals surface area contributed by atoms with Gasteiger partial charge in [-0.05, 0) is 54.5 Å². The Hall–Kier alpha value is -3.65. The Balaban J connectivity index is 1.48. The maximum atomic E-state index is 13.1. The number of ether oxygens (including phenoxy) is 1. The summed E-state index contributed by atoms with van der Waals surface area (Å²) >= 11 is 0. The number of hydrogen-bond donors (Lipinski definition) is 2. The van der Waals surface area contributed by atoms with Crippen molar-refractivity contribution in [1.29, 1.82) is 0 Å². The molecule has 1 aliphatic rings. The second kappa shape index (κ2) is 8.57. The number of anilines is 3. The molecule has 0 saturated carbocycles. The predicted molar refractivity (Wildman–Crippen MR) is 107 cm³/mol. The van der Waals surface area contributed by atoms with E-state index in [4.69, 9.17) is 4.74 Å². The average molecular weight is 391 g/mol. The summed E-state index contributed by atoms with van der Waals surface area (Å²) in [4.78, 5) is 16.7. The van der Waals surface area contributed by atoms with E-state index in [1.807, 2.05) is 6.08 Å². The first-order valence-electron chi connectivity index (χ1n) is 9.08. The topological polar surface area (TPSA) is 89.0 Å². The van der Waals surface area contributed by atoms with Gasteiger partial charge in [0.2, 0.25) is 0 Å². The summed E-state index contributed by atoms with van der Waals surface area (Å²) in [5.74, 6) is -0.716. The molecule has 0 spiro atoms. The van der Waals surface area contributed by atoms with Gasteiger partial charge in [-0.15, -0.1) is 5.10 Å². The van der Waals surface area contributed by atoms with Gasteiger partial charge in [-0.25, -0.2) is 4.39 Å². The van der Waals surface area contributed by atoms with Crippen molar-refractivity contribution >= 4 is 28.5 Å². The number of pyridine rings is 1. The van der Waals surface area contributed by atoms with Crippen molar-refractivity contribution in [3.05, 3.63) is 78.1 Å². The predicted octanol–water partition coefficient (Wildman–Crippen LogP) is 3.81. The minimum atomic E-state index is -0.390. The first-order chi connectivity index (χ1) is 14.2. The van der Waals surface area contributed by atoms with Crippen LogP contribution in [0.5, 0.6) is 0 Å². The summed E-state index contributed by atoms with van der Waals surface area (Å²) < 4.78 is 18.4. The van der Waals surface area contributed by atoms with Crippen molar-refractivity contribution in [1.82, 2.24) is 15.2 Å². The van der Waals surface area contributed by atoms with E-state index < -0.39 is 5.91 Å². The minimum absolute atomic E-state index is 0.200. The SMILES string of the molecule is O=C(Nc1ccncc1Nc1ccc(F)cc1)c1ccc(C2=CCOCC2)nn1. The van der Waals surface area contributed by atoms with Crippen molar-refractivity contribution < 1.29 is 13.9 Å². The lowest BCUT2D eigenvalue weighted by atomic mass is 10.1. The Morgan fingerprint density at radius 1 is 1.03 bits per heavy atom. The number of rotatable bonds is 5. The Labute approximate surface area is 166 Å². The van der Waals surface area contributed by atoms with E-state index in [0.717, 1.165) is 17.7 Å². The van der Waals surface area contributed by atoms with Crippen molar-refractivity contribution in [3.8, 4) is 0 Å². The largest absolute Gasteiger partial charge is 0.377 e. The van der Waals surface area contributed by atoms with Crippen LogP contribution in [0.1, 0.15) is 22.6 Å². The van der Waals surface area contributed by atoms with Gasteiger partial charge in [0.15, 0.2) is 5.69 Å². The second-order valence-corrected chi connectivity index (χ2v) is 6.37. The first kappa shape index (κ1) is 18.7. The van der Waals surface area contributed by atoms with Crippen LogP contribution in [0.3, 0.4) is 0 Å². The number of amides is 1. The van der Waals surface area contributed by atoms with Crippen LogP contribution in [-0.4, -0.2) is 34.3 Å². The van der Waals surface area contributed by atoms with E-state index in [-0.39, 0.29) is 11.5 Å². The molecule has 0 aliphatic carbocycles. The van der Waals surface area contributed by atoms with Crippen LogP contribution in [0.15, 0.2) is 60.9 Å². The van der Waals surface area contributed by atoms with E-state index >= 15 is 0 Å². The molecule has 1 aliphatic heterocycles. The van der Waals surface area contributed by atoms with Crippen molar-refractivity contribution in [2.75, 3.05) is 23.8 Å². The molecule has 2 N–H and O–H groups in total. The van der Waals surface area contributed by atoms with E-state index in [1.54, 1.807) is 42.7 Å². The molecular formula is C21H18FN5O2. The van der Waals surface area contributed by atoms with Gasteiger partial charge in [0.05, 0.1) is 36.5 Å². The zero-order chi connectivity index (χ0) is 20.1. The Morgan fingerprint density at radius 2 is 1.90 bits per heavy atom. The van der Waals surface area contributed by atoms with E-state index in [9.17, 15) is 9.18 Å². The van der Waals surface area contributed by atoms with Gasteiger partial charge < -0.3 is 15.4 Å². The van der Waals surface area contributed by atoms with Crippen molar-refractivity contribution in [2.45, 2.75) is 6.42 Å². The molecule has 1 amide bonds. The quantitative estimate of drug-likeness (QED) is 0.688. The Bertz CT molecular complexity index is 1040. The molecular weight excluding hydrogens is 373 g/mol. The number of benzene rings is 1. The fourth-order valence-electron chi connectivity index (χ4n) is 2.86. The van der Waals surface area contributed by atoms with Crippen LogP contribution in [0.2, 0.25) is 0 Å². The monoisotopic (exact) mass is 391 g/mol. The van der Waals surface area contributed by atoms with Crippen LogP contribution in [-0.2, 0) is 4.74 Å². The number of hydrogen-bond acceptors (Lipinski definition) is 6. The highest BCUT2D eigenvalue weighted by atomic mass is 19.1. The number of carbonyl (C=O) groups excluding carboxylic acids is 1. The molecule has 7 nitrogen and oxygen atoms in total. The molecule has 3 aromatic rings. The molecule has 0 unspecified atom stereocenters. The first-order valence-corrected chi connectivity index (χ1v) is 9.08. The summed E-state index contributed by atoms with van der Waals surface area (Å²) in [7, 11) is 0. The van der Waals surface area contributed by atoms with Gasteiger partial charge in [0.1, 0.15) is 5.82 Å². The van der Waals surface area contributed by atoms with Gasteiger partial charge in [0.25, 0.3) is 5.91 Å². The lowest BCUT2D eigenvalue weighted by Crippen LogP contribution is -2.16. The van der Waals surface area contributed by atoms with E-state index in [0.29, 0.717) is 30.3 Å². The molecule has 0 radical (unpaired) electrons. The van der Waals surface area contributed by atoms with Gasteiger partial charge in [-0.1, -0.05) is 6.08 Å². The van der Waals surface area contributed by atoms with Crippen LogP contribution in [0.4, 0.5) is 21.5 Å². The lowest BCUT2D eigenvalue weighted by Gasteiger charge is -2.13. The normalized spacial score (nSPS) is 13.5. The highest BCUT2D eigenvalue weighted by Gasteiger charge is 2.14. The summed E-state index contributed by atoms with van der Waals surface area (Å²) in [6, 6.07) is 11.0. The fraction of sp³-hybridized carbons (Fsp3) is 0.143. The number of aromatic nitrogens is 3. The molecule has 146 valence electrons. The molecule has 0 fully saturated rings. The van der Waals surface area contributed by atoms with Crippen molar-refractivity contribution in [3.63, 3.8) is 0 Å². The Morgan fingerprint density at radius 3 is 2.62 bits per heavy atom. The van der Waals surface area contributed by atoms with Crippen LogP contribution in [0.25, 0.3) is 5.57 Å². The molecule has 0 saturated heterocycles. The molecule has 2 aromatic heterocycles. The smallest absolute Gasteiger partial charge is 0.276 e. The summed E-state index contributed by atoms with van der Waals surface area (Å²) in [6.45, 7) is 1.22. The van der Waals surface area contributed by atoms with Gasteiger partial charge in [-0.2, -0.15) is 5.10 Å². The van der Waals surface area contributed by atoms with Gasteiger partial charge in [0, 0.05) is 11.9 Å². The fourth-order valence-corrected chi connectivity index (χ4v) is 2.86. The number of carbonyl (C=O) groups is 1. The molecule has 8 heteroatoms. The van der Waals surface area contributed by atoms with E-state index in [1.165, 1.54) is 12.1 Å². The zero-order valence-corrected chi connectivity index (χ0v) is 15.4. The average Bonchev–Trinajstić information content (AvgIpc) is 2.77. The van der Waals surface area contributed by atoms with Crippen LogP contribution < -0.4 is 10.6 Å². The third-order valence-electron chi connectivity index (χ3n) is 4.38. The standard InChI is InChI=1S/C21H18FN5O2/c22-15-1-3-16(4-2-15)24-20-13-23-10-7-18(20)25-21(28)19-6-5-17(26-27-19)14-8-11-29-12-9-14/h1-8,10,13,24H,9,11-12H2,(H,23,25,28). The number of halogens is 1.